The first-order valence-corrected chi connectivity index (χ1v) is 6.43. The predicted molar refractivity (Wildman–Crippen MR) is 67.5 cm³/mol. The molecular formula is C11H8BrNO3S. The lowest BCUT2D eigenvalue weighted by molar-refractivity contribution is 0.0695. The maximum absolute atomic E-state index is 10.9. The molecule has 0 unspecified atom stereocenters. The molecule has 0 fully saturated rings. The SMILES string of the molecule is O=C(O)c1cc(OCc2cscn2)ccc1Br. The summed E-state index contributed by atoms with van der Waals surface area (Å²) in [6.07, 6.45) is 0. The van der Waals surface area contributed by atoms with Crippen molar-refractivity contribution in [3.63, 3.8) is 0 Å². The van der Waals surface area contributed by atoms with Crippen molar-refractivity contribution < 1.29 is 14.6 Å². The number of carbonyl (C=O) groups is 1. The number of benzene rings is 1. The Morgan fingerprint density at radius 1 is 1.53 bits per heavy atom. The van der Waals surface area contributed by atoms with Crippen molar-refractivity contribution in [3.8, 4) is 5.75 Å². The summed E-state index contributed by atoms with van der Waals surface area (Å²) in [7, 11) is 0. The van der Waals surface area contributed by atoms with Crippen LogP contribution in [0.15, 0.2) is 33.6 Å². The molecule has 4 nitrogen and oxygen atoms in total. The van der Waals surface area contributed by atoms with Gasteiger partial charge in [0.15, 0.2) is 0 Å². The van der Waals surface area contributed by atoms with Crippen molar-refractivity contribution in [1.82, 2.24) is 4.98 Å². The first-order valence-electron chi connectivity index (χ1n) is 4.69. The highest BCUT2D eigenvalue weighted by molar-refractivity contribution is 9.10. The van der Waals surface area contributed by atoms with E-state index in [4.69, 9.17) is 9.84 Å². The van der Waals surface area contributed by atoms with Gasteiger partial charge in [0.1, 0.15) is 12.4 Å². The quantitative estimate of drug-likeness (QED) is 0.941. The lowest BCUT2D eigenvalue weighted by Crippen LogP contribution is -2.00. The zero-order valence-electron chi connectivity index (χ0n) is 8.59. The van der Waals surface area contributed by atoms with Crippen LogP contribution >= 0.6 is 27.3 Å². The summed E-state index contributed by atoms with van der Waals surface area (Å²) in [6, 6.07) is 4.85. The van der Waals surface area contributed by atoms with Gasteiger partial charge in [-0.15, -0.1) is 11.3 Å². The summed E-state index contributed by atoms with van der Waals surface area (Å²) in [6.45, 7) is 0.337. The number of nitrogens with zero attached hydrogens (tertiary/aromatic N) is 1. The Morgan fingerprint density at radius 3 is 3.00 bits per heavy atom. The van der Waals surface area contributed by atoms with Gasteiger partial charge in [0.25, 0.3) is 0 Å². The van der Waals surface area contributed by atoms with E-state index in [0.29, 0.717) is 16.8 Å². The van der Waals surface area contributed by atoms with Gasteiger partial charge in [-0.3, -0.25) is 0 Å². The number of aromatic nitrogens is 1. The molecule has 0 bridgehead atoms. The minimum absolute atomic E-state index is 0.181. The molecule has 1 N–H and O–H groups in total. The molecule has 0 aliphatic carbocycles. The van der Waals surface area contributed by atoms with Gasteiger partial charge in [-0.1, -0.05) is 0 Å². The molecule has 1 aromatic heterocycles. The van der Waals surface area contributed by atoms with Crippen LogP contribution in [0.1, 0.15) is 16.1 Å². The highest BCUT2D eigenvalue weighted by Gasteiger charge is 2.09. The number of halogens is 1. The van der Waals surface area contributed by atoms with Gasteiger partial charge in [0.2, 0.25) is 0 Å². The molecule has 0 aliphatic rings. The topological polar surface area (TPSA) is 59.4 Å². The van der Waals surface area contributed by atoms with Gasteiger partial charge in [-0.2, -0.15) is 0 Å². The Hall–Kier alpha value is -1.40. The number of aromatic carboxylic acids is 1. The molecule has 0 aliphatic heterocycles. The molecule has 2 aromatic rings. The number of rotatable bonds is 4. The van der Waals surface area contributed by atoms with Gasteiger partial charge in [-0.25, -0.2) is 9.78 Å². The molecule has 1 heterocycles. The van der Waals surface area contributed by atoms with Crippen LogP contribution in [0, 0.1) is 0 Å². The Bertz CT molecular complexity index is 528. The molecule has 0 amide bonds. The number of hydrogen-bond donors (Lipinski definition) is 1. The zero-order valence-corrected chi connectivity index (χ0v) is 11.0. The van der Waals surface area contributed by atoms with Crippen LogP contribution in [0.25, 0.3) is 0 Å². The lowest BCUT2D eigenvalue weighted by Gasteiger charge is -2.06. The second kappa shape index (κ2) is 5.29. The fourth-order valence-corrected chi connectivity index (χ4v) is 2.18. The predicted octanol–water partition coefficient (Wildman–Crippen LogP) is 3.18. The van der Waals surface area contributed by atoms with Crippen molar-refractivity contribution in [2.75, 3.05) is 0 Å². The Morgan fingerprint density at radius 2 is 2.35 bits per heavy atom. The third-order valence-corrected chi connectivity index (χ3v) is 3.37. The molecule has 0 spiro atoms. The molecular weight excluding hydrogens is 306 g/mol. The highest BCUT2D eigenvalue weighted by atomic mass is 79.9. The van der Waals surface area contributed by atoms with Gasteiger partial charge >= 0.3 is 5.97 Å². The fourth-order valence-electron chi connectivity index (χ4n) is 1.22. The van der Waals surface area contributed by atoms with Crippen LogP contribution < -0.4 is 4.74 Å². The van der Waals surface area contributed by atoms with E-state index >= 15 is 0 Å². The average Bonchev–Trinajstić information content (AvgIpc) is 2.80. The molecule has 0 saturated carbocycles. The van der Waals surface area contributed by atoms with E-state index < -0.39 is 5.97 Å². The van der Waals surface area contributed by atoms with E-state index in [0.717, 1.165) is 5.69 Å². The minimum atomic E-state index is -0.990. The van der Waals surface area contributed by atoms with Crippen molar-refractivity contribution in [2.45, 2.75) is 6.61 Å². The van der Waals surface area contributed by atoms with Crippen molar-refractivity contribution >= 4 is 33.2 Å². The minimum Gasteiger partial charge on any atom is -0.487 e. The Labute approximate surface area is 110 Å². The van der Waals surface area contributed by atoms with Gasteiger partial charge in [-0.05, 0) is 34.1 Å². The van der Waals surface area contributed by atoms with Crippen LogP contribution in [-0.4, -0.2) is 16.1 Å². The normalized spacial score (nSPS) is 10.2. The van der Waals surface area contributed by atoms with Gasteiger partial charge < -0.3 is 9.84 Å². The van der Waals surface area contributed by atoms with E-state index in [1.165, 1.54) is 17.4 Å². The van der Waals surface area contributed by atoms with Crippen molar-refractivity contribution in [1.29, 1.82) is 0 Å². The van der Waals surface area contributed by atoms with Crippen molar-refractivity contribution in [3.05, 3.63) is 44.8 Å². The van der Waals surface area contributed by atoms with E-state index in [1.54, 1.807) is 17.6 Å². The lowest BCUT2D eigenvalue weighted by atomic mass is 10.2. The first kappa shape index (κ1) is 12.1. The summed E-state index contributed by atoms with van der Waals surface area (Å²) in [5.74, 6) is -0.477. The number of carboxylic acids is 1. The molecule has 17 heavy (non-hydrogen) atoms. The van der Waals surface area contributed by atoms with E-state index in [1.807, 2.05) is 5.38 Å². The fraction of sp³-hybridized carbons (Fsp3) is 0.0909. The maximum atomic E-state index is 10.9. The van der Waals surface area contributed by atoms with Crippen LogP contribution in [0.4, 0.5) is 0 Å². The number of ether oxygens (including phenoxy) is 1. The third-order valence-electron chi connectivity index (χ3n) is 2.04. The Balaban J connectivity index is 2.11. The zero-order chi connectivity index (χ0) is 12.3. The number of thiazole rings is 1. The van der Waals surface area contributed by atoms with E-state index in [2.05, 4.69) is 20.9 Å². The van der Waals surface area contributed by atoms with Gasteiger partial charge in [0, 0.05) is 9.85 Å². The molecule has 2 rings (SSSR count). The molecule has 1 aromatic carbocycles. The smallest absolute Gasteiger partial charge is 0.336 e. The number of hydrogen-bond acceptors (Lipinski definition) is 4. The van der Waals surface area contributed by atoms with Crippen LogP contribution in [0.3, 0.4) is 0 Å². The maximum Gasteiger partial charge on any atom is 0.336 e. The first-order chi connectivity index (χ1) is 8.16. The molecule has 0 atom stereocenters. The summed E-state index contributed by atoms with van der Waals surface area (Å²) < 4.78 is 5.99. The molecule has 0 saturated heterocycles. The van der Waals surface area contributed by atoms with Gasteiger partial charge in [0.05, 0.1) is 16.8 Å². The molecule has 88 valence electrons. The van der Waals surface area contributed by atoms with Crippen LogP contribution in [0.2, 0.25) is 0 Å². The van der Waals surface area contributed by atoms with Crippen LogP contribution in [0.5, 0.6) is 5.75 Å². The largest absolute Gasteiger partial charge is 0.487 e. The Kier molecular flexibility index (Phi) is 3.75. The summed E-state index contributed by atoms with van der Waals surface area (Å²) in [5.41, 5.74) is 2.73. The van der Waals surface area contributed by atoms with Crippen molar-refractivity contribution in [2.24, 2.45) is 0 Å². The monoisotopic (exact) mass is 313 g/mol. The third kappa shape index (κ3) is 3.04. The highest BCUT2D eigenvalue weighted by Crippen LogP contribution is 2.23. The number of carboxylic acid groups (broad SMARTS) is 1. The molecule has 0 radical (unpaired) electrons. The summed E-state index contributed by atoms with van der Waals surface area (Å²) in [5, 5.41) is 10.8. The molecule has 6 heteroatoms. The second-order valence-electron chi connectivity index (χ2n) is 3.22. The summed E-state index contributed by atoms with van der Waals surface area (Å²) in [4.78, 5) is 15.0. The van der Waals surface area contributed by atoms with Crippen LogP contribution in [-0.2, 0) is 6.61 Å². The average molecular weight is 314 g/mol. The van der Waals surface area contributed by atoms with E-state index in [9.17, 15) is 4.79 Å². The summed E-state index contributed by atoms with van der Waals surface area (Å²) >= 11 is 4.67. The standard InChI is InChI=1S/C11H8BrNO3S/c12-10-2-1-8(3-9(10)11(14)15)16-4-7-5-17-6-13-7/h1-3,5-6H,4H2,(H,14,15). The van der Waals surface area contributed by atoms with E-state index in [-0.39, 0.29) is 5.56 Å². The second-order valence-corrected chi connectivity index (χ2v) is 4.79.